The molecule has 19 heavy (non-hydrogen) atoms. The van der Waals surface area contributed by atoms with Gasteiger partial charge in [-0.2, -0.15) is 0 Å². The lowest BCUT2D eigenvalue weighted by molar-refractivity contribution is -0.0500. The molecule has 0 aromatic heterocycles. The Balaban J connectivity index is 1.43. The molecule has 0 aromatic carbocycles. The van der Waals surface area contributed by atoms with Gasteiger partial charge in [-0.1, -0.05) is 12.8 Å². The van der Waals surface area contributed by atoms with E-state index in [1.54, 1.807) is 0 Å². The molecule has 2 unspecified atom stereocenters. The van der Waals surface area contributed by atoms with Gasteiger partial charge in [0.2, 0.25) is 0 Å². The van der Waals surface area contributed by atoms with Gasteiger partial charge in [-0.25, -0.2) is 0 Å². The second kappa shape index (κ2) is 5.71. The summed E-state index contributed by atoms with van der Waals surface area (Å²) in [5, 5.41) is 0. The average molecular weight is 266 g/mol. The monoisotopic (exact) mass is 266 g/mol. The van der Waals surface area contributed by atoms with Crippen molar-refractivity contribution in [1.29, 1.82) is 0 Å². The summed E-state index contributed by atoms with van der Waals surface area (Å²) in [6, 6.07) is 0.367. The molecule has 3 heteroatoms. The zero-order valence-electron chi connectivity index (χ0n) is 12.4. The van der Waals surface area contributed by atoms with Gasteiger partial charge in [-0.15, -0.1) is 0 Å². The average Bonchev–Trinajstić information content (AvgIpc) is 3.01. The van der Waals surface area contributed by atoms with Crippen LogP contribution >= 0.6 is 0 Å². The fourth-order valence-electron chi connectivity index (χ4n) is 4.36. The van der Waals surface area contributed by atoms with E-state index < -0.39 is 0 Å². The molecule has 2 atom stereocenters. The Morgan fingerprint density at radius 3 is 2.47 bits per heavy atom. The van der Waals surface area contributed by atoms with Crippen LogP contribution in [0.2, 0.25) is 0 Å². The molecule has 0 bridgehead atoms. The van der Waals surface area contributed by atoms with Crippen molar-refractivity contribution in [2.24, 2.45) is 11.7 Å². The zero-order chi connectivity index (χ0) is 13.3. The largest absolute Gasteiger partial charge is 0.370 e. The molecule has 1 saturated carbocycles. The molecule has 3 fully saturated rings. The van der Waals surface area contributed by atoms with E-state index in [1.807, 2.05) is 0 Å². The summed E-state index contributed by atoms with van der Waals surface area (Å²) in [5.41, 5.74) is 6.31. The van der Waals surface area contributed by atoms with Crippen LogP contribution in [0.1, 0.15) is 58.3 Å². The minimum absolute atomic E-state index is 0.300. The van der Waals surface area contributed by atoms with E-state index in [4.69, 9.17) is 10.5 Å². The molecular weight excluding hydrogens is 236 g/mol. The van der Waals surface area contributed by atoms with Crippen molar-refractivity contribution in [3.05, 3.63) is 0 Å². The summed E-state index contributed by atoms with van der Waals surface area (Å²) in [7, 11) is 0. The summed E-state index contributed by atoms with van der Waals surface area (Å²) in [4.78, 5) is 2.61. The smallest absolute Gasteiger partial charge is 0.0710 e. The summed E-state index contributed by atoms with van der Waals surface area (Å²) < 4.78 is 6.42. The second-order valence-corrected chi connectivity index (χ2v) is 7.17. The summed E-state index contributed by atoms with van der Waals surface area (Å²) in [5.74, 6) is 0.738. The molecule has 2 saturated heterocycles. The Labute approximate surface area is 117 Å². The minimum Gasteiger partial charge on any atom is -0.370 e. The van der Waals surface area contributed by atoms with Gasteiger partial charge in [0, 0.05) is 12.6 Å². The highest BCUT2D eigenvalue weighted by molar-refractivity contribution is 4.93. The van der Waals surface area contributed by atoms with Gasteiger partial charge < -0.3 is 15.4 Å². The Kier molecular flexibility index (Phi) is 4.16. The van der Waals surface area contributed by atoms with Crippen LogP contribution < -0.4 is 5.73 Å². The summed E-state index contributed by atoms with van der Waals surface area (Å²) in [6.45, 7) is 5.76. The Hall–Kier alpha value is -0.120. The number of ether oxygens (including phenoxy) is 1. The van der Waals surface area contributed by atoms with Crippen molar-refractivity contribution in [3.8, 4) is 0 Å². The Morgan fingerprint density at radius 2 is 1.84 bits per heavy atom. The molecule has 0 aromatic rings. The molecule has 110 valence electrons. The van der Waals surface area contributed by atoms with Crippen molar-refractivity contribution in [2.45, 2.75) is 76.0 Å². The van der Waals surface area contributed by atoms with Gasteiger partial charge in [-0.3, -0.25) is 0 Å². The molecule has 2 aliphatic heterocycles. The van der Waals surface area contributed by atoms with Gasteiger partial charge in [0.1, 0.15) is 0 Å². The van der Waals surface area contributed by atoms with E-state index in [1.165, 1.54) is 64.5 Å². The SMILES string of the molecule is CC(N)C1CCN(CC2CCC3(CCCC3)O2)CC1. The van der Waals surface area contributed by atoms with E-state index >= 15 is 0 Å². The third kappa shape index (κ3) is 3.14. The van der Waals surface area contributed by atoms with Crippen LogP contribution in [0, 0.1) is 5.92 Å². The summed E-state index contributed by atoms with van der Waals surface area (Å²) in [6.07, 6.45) is 11.0. The van der Waals surface area contributed by atoms with Gasteiger partial charge in [0.05, 0.1) is 11.7 Å². The van der Waals surface area contributed by atoms with Crippen molar-refractivity contribution in [1.82, 2.24) is 4.90 Å². The van der Waals surface area contributed by atoms with Crippen LogP contribution in [-0.4, -0.2) is 42.3 Å². The number of nitrogens with two attached hydrogens (primary N) is 1. The van der Waals surface area contributed by atoms with Crippen molar-refractivity contribution in [2.75, 3.05) is 19.6 Å². The standard InChI is InChI=1S/C16H30N2O/c1-13(17)14-5-10-18(11-6-14)12-15-4-9-16(19-15)7-2-3-8-16/h13-15H,2-12,17H2,1H3. The first-order chi connectivity index (χ1) is 9.17. The van der Waals surface area contributed by atoms with Gasteiger partial charge in [0.15, 0.2) is 0 Å². The molecule has 3 rings (SSSR count). The Morgan fingerprint density at radius 1 is 1.16 bits per heavy atom. The predicted octanol–water partition coefficient (Wildman–Crippen LogP) is 2.54. The molecule has 0 amide bonds. The van der Waals surface area contributed by atoms with Crippen LogP contribution in [0.25, 0.3) is 0 Å². The third-order valence-corrected chi connectivity index (χ3v) is 5.69. The van der Waals surface area contributed by atoms with Crippen LogP contribution in [-0.2, 0) is 4.74 Å². The van der Waals surface area contributed by atoms with Crippen LogP contribution in [0.15, 0.2) is 0 Å². The van der Waals surface area contributed by atoms with E-state index in [0.29, 0.717) is 17.7 Å². The van der Waals surface area contributed by atoms with Gasteiger partial charge >= 0.3 is 0 Å². The predicted molar refractivity (Wildman–Crippen MR) is 78.1 cm³/mol. The number of rotatable bonds is 3. The highest BCUT2D eigenvalue weighted by Crippen LogP contribution is 2.43. The fraction of sp³-hybridized carbons (Fsp3) is 1.00. The molecule has 2 N–H and O–H groups in total. The minimum atomic E-state index is 0.300. The maximum Gasteiger partial charge on any atom is 0.0710 e. The highest BCUT2D eigenvalue weighted by Gasteiger charge is 2.42. The van der Waals surface area contributed by atoms with E-state index in [-0.39, 0.29) is 0 Å². The third-order valence-electron chi connectivity index (χ3n) is 5.69. The van der Waals surface area contributed by atoms with Gasteiger partial charge in [-0.05, 0) is 64.5 Å². The first-order valence-electron chi connectivity index (χ1n) is 8.33. The van der Waals surface area contributed by atoms with Crippen LogP contribution in [0.5, 0.6) is 0 Å². The van der Waals surface area contributed by atoms with Crippen LogP contribution in [0.4, 0.5) is 0 Å². The van der Waals surface area contributed by atoms with E-state index in [2.05, 4.69) is 11.8 Å². The van der Waals surface area contributed by atoms with Crippen molar-refractivity contribution in [3.63, 3.8) is 0 Å². The first-order valence-corrected chi connectivity index (χ1v) is 8.33. The number of nitrogens with zero attached hydrogens (tertiary/aromatic N) is 1. The number of hydrogen-bond acceptors (Lipinski definition) is 3. The van der Waals surface area contributed by atoms with E-state index in [9.17, 15) is 0 Å². The zero-order valence-corrected chi connectivity index (χ0v) is 12.4. The van der Waals surface area contributed by atoms with E-state index in [0.717, 1.165) is 12.5 Å². The molecule has 1 spiro atoms. The lowest BCUT2D eigenvalue weighted by Crippen LogP contribution is -2.43. The van der Waals surface area contributed by atoms with Gasteiger partial charge in [0.25, 0.3) is 0 Å². The first kappa shape index (κ1) is 13.8. The number of likely N-dealkylation sites (tertiary alicyclic amines) is 1. The highest BCUT2D eigenvalue weighted by atomic mass is 16.5. The lowest BCUT2D eigenvalue weighted by Gasteiger charge is -2.35. The molecule has 2 heterocycles. The lowest BCUT2D eigenvalue weighted by atomic mass is 9.91. The summed E-state index contributed by atoms with van der Waals surface area (Å²) >= 11 is 0. The molecule has 1 aliphatic carbocycles. The van der Waals surface area contributed by atoms with Crippen molar-refractivity contribution >= 4 is 0 Å². The molecular formula is C16H30N2O. The normalized spacial score (nSPS) is 34.1. The quantitative estimate of drug-likeness (QED) is 0.853. The van der Waals surface area contributed by atoms with Crippen LogP contribution in [0.3, 0.4) is 0 Å². The fourth-order valence-corrected chi connectivity index (χ4v) is 4.36. The maximum absolute atomic E-state index is 6.42. The topological polar surface area (TPSA) is 38.5 Å². The second-order valence-electron chi connectivity index (χ2n) is 7.17. The van der Waals surface area contributed by atoms with Crippen molar-refractivity contribution < 1.29 is 4.74 Å². The maximum atomic E-state index is 6.42. The molecule has 0 radical (unpaired) electrons. The molecule has 3 aliphatic rings. The number of hydrogen-bond donors (Lipinski definition) is 1. The molecule has 3 nitrogen and oxygen atoms in total. The number of piperidine rings is 1. The Bertz CT molecular complexity index is 291.